The van der Waals surface area contributed by atoms with Crippen LogP contribution in [0.5, 0.6) is 11.8 Å². The van der Waals surface area contributed by atoms with Crippen molar-refractivity contribution in [3.8, 4) is 17.4 Å². The lowest BCUT2D eigenvalue weighted by atomic mass is 10.2. The number of rotatable bonds is 7. The van der Waals surface area contributed by atoms with E-state index in [9.17, 15) is 0 Å². The molecule has 2 aromatic heterocycles. The van der Waals surface area contributed by atoms with Gasteiger partial charge in [-0.15, -0.1) is 12.4 Å². The molecule has 28 heavy (non-hydrogen) atoms. The normalized spacial score (nSPS) is 10.3. The number of ether oxygens (including phenoxy) is 1. The fourth-order valence-electron chi connectivity index (χ4n) is 2.64. The largest absolute Gasteiger partial charge is 0.423 e. The molecule has 0 aliphatic carbocycles. The minimum atomic E-state index is 0. The molecule has 2 aromatic carbocycles. The van der Waals surface area contributed by atoms with Gasteiger partial charge in [0.25, 0.3) is 0 Å². The van der Waals surface area contributed by atoms with Crippen LogP contribution in [-0.2, 0) is 13.1 Å². The Morgan fingerprint density at radius 3 is 2.57 bits per heavy atom. The van der Waals surface area contributed by atoms with E-state index in [-0.39, 0.29) is 12.4 Å². The quantitative estimate of drug-likeness (QED) is 0.516. The van der Waals surface area contributed by atoms with Gasteiger partial charge in [0.2, 0.25) is 0 Å². The fraction of sp³-hybridized carbons (Fsp3) is 0.100. The third kappa shape index (κ3) is 4.91. The van der Waals surface area contributed by atoms with E-state index in [1.807, 2.05) is 72.8 Å². The molecule has 1 N–H and O–H groups in total. The Hall–Kier alpha value is -3.29. The zero-order chi connectivity index (χ0) is 18.3. The van der Waals surface area contributed by atoms with Gasteiger partial charge >= 0.3 is 6.01 Å². The second-order valence-electron chi connectivity index (χ2n) is 5.88. The summed E-state index contributed by atoms with van der Waals surface area (Å²) in [5.74, 6) is 0.680. The number of benzene rings is 2. The van der Waals surface area contributed by atoms with Gasteiger partial charge in [0.15, 0.2) is 0 Å². The van der Waals surface area contributed by atoms with Crippen LogP contribution in [0.25, 0.3) is 5.69 Å². The van der Waals surface area contributed by atoms with E-state index in [1.165, 1.54) is 0 Å². The van der Waals surface area contributed by atoms with Crippen molar-refractivity contribution >= 4 is 12.4 Å². The first-order chi connectivity index (χ1) is 13.4. The molecule has 0 fully saturated rings. The molecule has 0 bridgehead atoms. The van der Waals surface area contributed by atoms with E-state index >= 15 is 0 Å². The average molecular weight is 395 g/mol. The first-order valence-corrected chi connectivity index (χ1v) is 8.60. The molecule has 0 atom stereocenters. The summed E-state index contributed by atoms with van der Waals surface area (Å²) in [6.45, 7) is 1.41. The number of aromatic nitrogens is 5. The molecule has 0 unspecified atom stereocenters. The van der Waals surface area contributed by atoms with Crippen molar-refractivity contribution in [1.82, 2.24) is 30.5 Å². The number of hydrogen-bond donors (Lipinski definition) is 1. The van der Waals surface area contributed by atoms with Crippen LogP contribution in [0.3, 0.4) is 0 Å². The predicted molar refractivity (Wildman–Crippen MR) is 108 cm³/mol. The van der Waals surface area contributed by atoms with Gasteiger partial charge in [-0.05, 0) is 52.4 Å². The summed E-state index contributed by atoms with van der Waals surface area (Å²) in [7, 11) is 0. The Bertz CT molecular complexity index is 994. The third-order valence-electron chi connectivity index (χ3n) is 3.91. The molecule has 0 saturated carbocycles. The molecule has 0 aliphatic rings. The maximum Gasteiger partial charge on any atom is 0.345 e. The smallest absolute Gasteiger partial charge is 0.345 e. The zero-order valence-corrected chi connectivity index (χ0v) is 15.8. The summed E-state index contributed by atoms with van der Waals surface area (Å²) in [5, 5.41) is 15.1. The fourth-order valence-corrected chi connectivity index (χ4v) is 2.64. The first-order valence-electron chi connectivity index (χ1n) is 8.60. The van der Waals surface area contributed by atoms with Crippen molar-refractivity contribution in [2.24, 2.45) is 0 Å². The van der Waals surface area contributed by atoms with E-state index in [2.05, 4.69) is 25.8 Å². The van der Waals surface area contributed by atoms with Crippen molar-refractivity contribution in [2.45, 2.75) is 13.1 Å². The van der Waals surface area contributed by atoms with Gasteiger partial charge in [-0.2, -0.15) is 4.68 Å². The van der Waals surface area contributed by atoms with Crippen molar-refractivity contribution in [2.75, 3.05) is 0 Å². The van der Waals surface area contributed by atoms with E-state index < -0.39 is 0 Å². The highest BCUT2D eigenvalue weighted by atomic mass is 35.5. The highest BCUT2D eigenvalue weighted by molar-refractivity contribution is 5.85. The molecule has 4 aromatic rings. The number of para-hydroxylation sites is 1. The summed E-state index contributed by atoms with van der Waals surface area (Å²) in [6.07, 6.45) is 1.79. The van der Waals surface area contributed by atoms with Crippen LogP contribution in [0.15, 0.2) is 79.0 Å². The second-order valence-corrected chi connectivity index (χ2v) is 5.88. The summed E-state index contributed by atoms with van der Waals surface area (Å²) in [6, 6.07) is 23.7. The number of tetrazole rings is 1. The average Bonchev–Trinajstić information content (AvgIpc) is 3.18. The van der Waals surface area contributed by atoms with E-state index in [4.69, 9.17) is 4.74 Å². The topological polar surface area (TPSA) is 77.8 Å². The maximum atomic E-state index is 5.90. The molecular formula is C20H19ClN6O. The lowest BCUT2D eigenvalue weighted by Gasteiger charge is -2.08. The number of hydrogen-bond acceptors (Lipinski definition) is 6. The second kappa shape index (κ2) is 9.59. The molecule has 142 valence electrons. The van der Waals surface area contributed by atoms with Gasteiger partial charge in [-0.1, -0.05) is 41.5 Å². The van der Waals surface area contributed by atoms with Crippen LogP contribution in [0.4, 0.5) is 0 Å². The van der Waals surface area contributed by atoms with Gasteiger partial charge in [0.1, 0.15) is 5.75 Å². The van der Waals surface area contributed by atoms with Gasteiger partial charge in [0.05, 0.1) is 11.4 Å². The van der Waals surface area contributed by atoms with E-state index in [0.29, 0.717) is 24.8 Å². The van der Waals surface area contributed by atoms with Crippen LogP contribution in [0.2, 0.25) is 0 Å². The minimum absolute atomic E-state index is 0. The molecule has 0 aliphatic heterocycles. The van der Waals surface area contributed by atoms with Crippen LogP contribution in [0, 0.1) is 0 Å². The molecule has 7 nitrogen and oxygen atoms in total. The Labute approximate surface area is 168 Å². The van der Waals surface area contributed by atoms with E-state index in [0.717, 1.165) is 16.9 Å². The summed E-state index contributed by atoms with van der Waals surface area (Å²) in [5.41, 5.74) is 2.94. The van der Waals surface area contributed by atoms with Gasteiger partial charge in [-0.25, -0.2) is 0 Å². The molecule has 8 heteroatoms. The zero-order valence-electron chi connectivity index (χ0n) is 15.0. The van der Waals surface area contributed by atoms with Crippen LogP contribution in [-0.4, -0.2) is 25.2 Å². The van der Waals surface area contributed by atoms with Gasteiger partial charge in [0, 0.05) is 19.3 Å². The molecule has 0 spiro atoms. The third-order valence-corrected chi connectivity index (χ3v) is 3.91. The molecule has 2 heterocycles. The predicted octanol–water partition coefficient (Wildman–Crippen LogP) is 3.56. The minimum Gasteiger partial charge on any atom is -0.423 e. The van der Waals surface area contributed by atoms with Crippen molar-refractivity contribution in [3.05, 3.63) is 90.3 Å². The molecule has 4 rings (SSSR count). The standard InChI is InChI=1S/C20H18N6O.ClH/c1-2-9-18(10-3-1)26-20(23-24-25-26)27-19-11-6-7-16(13-19)14-21-15-17-8-4-5-12-22-17;/h1-13,21H,14-15H2;1H. The summed E-state index contributed by atoms with van der Waals surface area (Å²) in [4.78, 5) is 4.30. The highest BCUT2D eigenvalue weighted by Crippen LogP contribution is 2.22. The number of nitrogens with one attached hydrogen (secondary N) is 1. The SMILES string of the molecule is Cl.c1ccc(-n2nnnc2Oc2cccc(CNCc3ccccn3)c2)cc1. The lowest BCUT2D eigenvalue weighted by Crippen LogP contribution is -2.13. The van der Waals surface area contributed by atoms with Crippen molar-refractivity contribution in [1.29, 1.82) is 0 Å². The Kier molecular flexibility index (Phi) is 6.67. The van der Waals surface area contributed by atoms with Crippen LogP contribution in [0.1, 0.15) is 11.3 Å². The molecule has 0 amide bonds. The monoisotopic (exact) mass is 394 g/mol. The molecule has 0 saturated heterocycles. The highest BCUT2D eigenvalue weighted by Gasteiger charge is 2.10. The Morgan fingerprint density at radius 1 is 0.893 bits per heavy atom. The number of nitrogens with zero attached hydrogens (tertiary/aromatic N) is 5. The van der Waals surface area contributed by atoms with E-state index in [1.54, 1.807) is 10.9 Å². The first kappa shape index (κ1) is 19.5. The summed E-state index contributed by atoms with van der Waals surface area (Å²) < 4.78 is 7.46. The van der Waals surface area contributed by atoms with Crippen LogP contribution >= 0.6 is 12.4 Å². The summed E-state index contributed by atoms with van der Waals surface area (Å²) >= 11 is 0. The molecule has 0 radical (unpaired) electrons. The number of halogens is 1. The van der Waals surface area contributed by atoms with Gasteiger partial charge < -0.3 is 10.1 Å². The maximum absolute atomic E-state index is 5.90. The van der Waals surface area contributed by atoms with Crippen molar-refractivity contribution in [3.63, 3.8) is 0 Å². The molecular weight excluding hydrogens is 376 g/mol. The lowest BCUT2D eigenvalue weighted by molar-refractivity contribution is 0.426. The Balaban J connectivity index is 0.00000225. The van der Waals surface area contributed by atoms with Crippen LogP contribution < -0.4 is 10.1 Å². The Morgan fingerprint density at radius 2 is 1.75 bits per heavy atom. The van der Waals surface area contributed by atoms with Gasteiger partial charge in [-0.3, -0.25) is 4.98 Å². The number of pyridine rings is 1. The van der Waals surface area contributed by atoms with Crippen molar-refractivity contribution < 1.29 is 4.74 Å².